The van der Waals surface area contributed by atoms with Gasteiger partial charge in [-0.3, -0.25) is 4.68 Å². The molecule has 0 aliphatic rings. The van der Waals surface area contributed by atoms with E-state index in [4.69, 9.17) is 5.73 Å². The Balaban J connectivity index is 2.96. The fourth-order valence-electron chi connectivity index (χ4n) is 0.754. The molecule has 1 rings (SSSR count). The van der Waals surface area contributed by atoms with Crippen LogP contribution in [0.3, 0.4) is 0 Å². The molecule has 0 unspecified atom stereocenters. The zero-order valence-electron chi connectivity index (χ0n) is 6.63. The van der Waals surface area contributed by atoms with Gasteiger partial charge in [0.2, 0.25) is 0 Å². The molecule has 0 fully saturated rings. The Hall–Kier alpha value is -0.830. The quantitative estimate of drug-likeness (QED) is 0.619. The Morgan fingerprint density at radius 3 is 2.40 bits per heavy atom. The molecule has 1 heterocycles. The van der Waals surface area contributed by atoms with Gasteiger partial charge < -0.3 is 5.73 Å². The van der Waals surface area contributed by atoms with Gasteiger partial charge in [-0.25, -0.2) is 0 Å². The highest BCUT2D eigenvalue weighted by atomic mass is 15.2. The van der Waals surface area contributed by atoms with Crippen LogP contribution in [0.15, 0.2) is 12.4 Å². The molecule has 0 spiro atoms. The first kappa shape index (κ1) is 7.28. The van der Waals surface area contributed by atoms with Crippen LogP contribution in [-0.4, -0.2) is 9.78 Å². The molecular weight excluding hydrogens is 126 g/mol. The topological polar surface area (TPSA) is 43.8 Å². The number of aryl methyl sites for hydroxylation is 1. The second kappa shape index (κ2) is 2.09. The molecule has 10 heavy (non-hydrogen) atoms. The van der Waals surface area contributed by atoms with Gasteiger partial charge >= 0.3 is 0 Å². The minimum Gasteiger partial charge on any atom is -0.322 e. The van der Waals surface area contributed by atoms with Gasteiger partial charge in [0, 0.05) is 24.3 Å². The van der Waals surface area contributed by atoms with Crippen molar-refractivity contribution in [2.75, 3.05) is 0 Å². The van der Waals surface area contributed by atoms with Crippen LogP contribution in [0.5, 0.6) is 0 Å². The van der Waals surface area contributed by atoms with Gasteiger partial charge in [-0.05, 0) is 13.8 Å². The van der Waals surface area contributed by atoms with Crippen molar-refractivity contribution < 1.29 is 0 Å². The summed E-state index contributed by atoms with van der Waals surface area (Å²) in [4.78, 5) is 0. The summed E-state index contributed by atoms with van der Waals surface area (Å²) in [5.74, 6) is 0. The maximum atomic E-state index is 5.82. The third kappa shape index (κ3) is 1.36. The number of aromatic nitrogens is 2. The van der Waals surface area contributed by atoms with Crippen molar-refractivity contribution in [2.24, 2.45) is 12.8 Å². The molecule has 0 aliphatic heterocycles. The zero-order chi connectivity index (χ0) is 7.78. The third-order valence-electron chi connectivity index (χ3n) is 1.45. The average molecular weight is 139 g/mol. The summed E-state index contributed by atoms with van der Waals surface area (Å²) in [6, 6.07) is 0. The molecule has 2 N–H and O–H groups in total. The van der Waals surface area contributed by atoms with Crippen LogP contribution < -0.4 is 5.73 Å². The first-order chi connectivity index (χ1) is 4.50. The predicted octanol–water partition coefficient (Wildman–Crippen LogP) is 0.614. The van der Waals surface area contributed by atoms with Crippen molar-refractivity contribution >= 4 is 0 Å². The monoisotopic (exact) mass is 139 g/mol. The van der Waals surface area contributed by atoms with Crippen molar-refractivity contribution in [3.8, 4) is 0 Å². The van der Waals surface area contributed by atoms with Gasteiger partial charge in [-0.1, -0.05) is 0 Å². The number of nitrogens with two attached hydrogens (primary N) is 1. The van der Waals surface area contributed by atoms with E-state index in [1.54, 1.807) is 10.9 Å². The van der Waals surface area contributed by atoms with Gasteiger partial charge in [0.25, 0.3) is 0 Å². The number of hydrogen-bond acceptors (Lipinski definition) is 2. The van der Waals surface area contributed by atoms with Crippen molar-refractivity contribution in [3.05, 3.63) is 18.0 Å². The Labute approximate surface area is 60.8 Å². The molecule has 3 heteroatoms. The highest BCUT2D eigenvalue weighted by molar-refractivity contribution is 5.13. The molecular formula is C7H13N3. The van der Waals surface area contributed by atoms with Crippen LogP contribution >= 0.6 is 0 Å². The lowest BCUT2D eigenvalue weighted by Crippen LogP contribution is -2.27. The van der Waals surface area contributed by atoms with E-state index in [9.17, 15) is 0 Å². The van der Waals surface area contributed by atoms with E-state index in [-0.39, 0.29) is 5.54 Å². The van der Waals surface area contributed by atoms with Crippen molar-refractivity contribution in [3.63, 3.8) is 0 Å². The van der Waals surface area contributed by atoms with E-state index in [0.717, 1.165) is 5.56 Å². The lowest BCUT2D eigenvalue weighted by Gasteiger charge is -2.15. The zero-order valence-corrected chi connectivity index (χ0v) is 6.63. The number of rotatable bonds is 1. The van der Waals surface area contributed by atoms with E-state index < -0.39 is 0 Å². The van der Waals surface area contributed by atoms with Gasteiger partial charge in [-0.2, -0.15) is 5.10 Å². The van der Waals surface area contributed by atoms with E-state index in [2.05, 4.69) is 5.10 Å². The molecule has 56 valence electrons. The molecule has 0 atom stereocenters. The highest BCUT2D eigenvalue weighted by Crippen LogP contribution is 2.14. The van der Waals surface area contributed by atoms with Crippen LogP contribution in [0.4, 0.5) is 0 Å². The molecule has 0 bridgehead atoms. The minimum absolute atomic E-state index is 0.270. The second-order valence-electron chi connectivity index (χ2n) is 3.12. The van der Waals surface area contributed by atoms with Crippen molar-refractivity contribution in [2.45, 2.75) is 19.4 Å². The van der Waals surface area contributed by atoms with Crippen LogP contribution in [0.2, 0.25) is 0 Å². The van der Waals surface area contributed by atoms with E-state index >= 15 is 0 Å². The summed E-state index contributed by atoms with van der Waals surface area (Å²) in [7, 11) is 1.88. The minimum atomic E-state index is -0.270. The highest BCUT2D eigenvalue weighted by Gasteiger charge is 2.14. The van der Waals surface area contributed by atoms with Crippen LogP contribution in [0.25, 0.3) is 0 Å². The van der Waals surface area contributed by atoms with Crippen LogP contribution in [0.1, 0.15) is 19.4 Å². The molecule has 0 saturated carbocycles. The smallest absolute Gasteiger partial charge is 0.0540 e. The first-order valence-electron chi connectivity index (χ1n) is 3.28. The summed E-state index contributed by atoms with van der Waals surface area (Å²) in [6.45, 7) is 3.92. The van der Waals surface area contributed by atoms with Gasteiger partial charge in [-0.15, -0.1) is 0 Å². The summed E-state index contributed by atoms with van der Waals surface area (Å²) in [6.07, 6.45) is 3.72. The number of nitrogens with zero attached hydrogens (tertiary/aromatic N) is 2. The lowest BCUT2D eigenvalue weighted by molar-refractivity contribution is 0.553. The Morgan fingerprint density at radius 2 is 2.20 bits per heavy atom. The molecule has 3 nitrogen and oxygen atoms in total. The predicted molar refractivity (Wildman–Crippen MR) is 40.4 cm³/mol. The third-order valence-corrected chi connectivity index (χ3v) is 1.45. The second-order valence-corrected chi connectivity index (χ2v) is 3.12. The maximum absolute atomic E-state index is 5.82. The fourth-order valence-corrected chi connectivity index (χ4v) is 0.754. The van der Waals surface area contributed by atoms with Gasteiger partial charge in [0.1, 0.15) is 0 Å². The number of hydrogen-bond donors (Lipinski definition) is 1. The first-order valence-corrected chi connectivity index (χ1v) is 3.28. The van der Waals surface area contributed by atoms with Gasteiger partial charge in [0.05, 0.1) is 6.20 Å². The lowest BCUT2D eigenvalue weighted by atomic mass is 10.00. The Morgan fingerprint density at radius 1 is 1.60 bits per heavy atom. The fraction of sp³-hybridized carbons (Fsp3) is 0.571. The molecule has 0 aliphatic carbocycles. The van der Waals surface area contributed by atoms with Gasteiger partial charge in [0.15, 0.2) is 0 Å². The summed E-state index contributed by atoms with van der Waals surface area (Å²) >= 11 is 0. The average Bonchev–Trinajstić information content (AvgIpc) is 2.11. The molecule has 1 aromatic heterocycles. The largest absolute Gasteiger partial charge is 0.322 e. The summed E-state index contributed by atoms with van der Waals surface area (Å²) in [5.41, 5.74) is 6.61. The Bertz CT molecular complexity index is 219. The van der Waals surface area contributed by atoms with E-state index in [0.29, 0.717) is 0 Å². The molecule has 0 aromatic carbocycles. The summed E-state index contributed by atoms with van der Waals surface area (Å²) < 4.78 is 1.75. The van der Waals surface area contributed by atoms with Crippen LogP contribution in [-0.2, 0) is 12.6 Å². The van der Waals surface area contributed by atoms with E-state index in [1.165, 1.54) is 0 Å². The normalized spacial score (nSPS) is 12.0. The van der Waals surface area contributed by atoms with Crippen molar-refractivity contribution in [1.29, 1.82) is 0 Å². The maximum Gasteiger partial charge on any atom is 0.0540 e. The van der Waals surface area contributed by atoms with Crippen LogP contribution in [0, 0.1) is 0 Å². The molecule has 0 amide bonds. The molecule has 1 aromatic rings. The standard InChI is InChI=1S/C7H13N3/c1-7(2,8)6-4-9-10(3)5-6/h4-5H,8H2,1-3H3. The van der Waals surface area contributed by atoms with Crippen molar-refractivity contribution in [1.82, 2.24) is 9.78 Å². The van der Waals surface area contributed by atoms with E-state index in [1.807, 2.05) is 27.1 Å². The summed E-state index contributed by atoms with van der Waals surface area (Å²) in [5, 5.41) is 4.02. The Kier molecular flexibility index (Phi) is 1.52. The molecule has 0 saturated heterocycles. The SMILES string of the molecule is Cn1cc(C(C)(C)N)cn1. The molecule has 0 radical (unpaired) electrons.